The molecule has 0 spiro atoms. The SMILES string of the molecule is C=CC(=O)NC1CC(n2c(NC(=O)c3ccc(C(F)F)s3)nc3cc(CC(=O)C4CCCCC4)ccc32)C1. The van der Waals surface area contributed by atoms with Gasteiger partial charge < -0.3 is 9.88 Å². The van der Waals surface area contributed by atoms with Crippen LogP contribution in [0.15, 0.2) is 43.0 Å². The van der Waals surface area contributed by atoms with Crippen LogP contribution in [0.5, 0.6) is 0 Å². The summed E-state index contributed by atoms with van der Waals surface area (Å²) in [5.74, 6) is -0.0664. The molecule has 2 aliphatic rings. The first kappa shape index (κ1) is 26.2. The van der Waals surface area contributed by atoms with E-state index in [2.05, 4.69) is 22.2 Å². The number of nitrogens with zero attached hydrogens (tertiary/aromatic N) is 2. The predicted octanol–water partition coefficient (Wildman–Crippen LogP) is 5.99. The highest BCUT2D eigenvalue weighted by molar-refractivity contribution is 7.14. The molecule has 200 valence electrons. The van der Waals surface area contributed by atoms with Gasteiger partial charge in [-0.05, 0) is 61.6 Å². The number of anilines is 1. The van der Waals surface area contributed by atoms with Crippen LogP contribution in [0.25, 0.3) is 11.0 Å². The van der Waals surface area contributed by atoms with Crippen LogP contribution in [0.3, 0.4) is 0 Å². The number of benzene rings is 1. The second-order valence-electron chi connectivity index (χ2n) is 10.1. The Balaban J connectivity index is 1.40. The average molecular weight is 541 g/mol. The van der Waals surface area contributed by atoms with Crippen LogP contribution in [-0.4, -0.2) is 33.2 Å². The number of hydrogen-bond acceptors (Lipinski definition) is 5. The van der Waals surface area contributed by atoms with E-state index in [9.17, 15) is 23.2 Å². The van der Waals surface area contributed by atoms with Crippen LogP contribution < -0.4 is 10.6 Å². The lowest BCUT2D eigenvalue weighted by atomic mass is 9.84. The topological polar surface area (TPSA) is 93.1 Å². The Morgan fingerprint density at radius 1 is 1.13 bits per heavy atom. The average Bonchev–Trinajstić information content (AvgIpc) is 3.51. The maximum Gasteiger partial charge on any atom is 0.272 e. The van der Waals surface area contributed by atoms with Crippen LogP contribution in [0, 0.1) is 5.92 Å². The molecule has 0 unspecified atom stereocenters. The molecule has 2 heterocycles. The van der Waals surface area contributed by atoms with Gasteiger partial charge in [0.2, 0.25) is 11.9 Å². The molecule has 2 saturated carbocycles. The van der Waals surface area contributed by atoms with E-state index in [4.69, 9.17) is 0 Å². The molecule has 0 saturated heterocycles. The van der Waals surface area contributed by atoms with Gasteiger partial charge in [0.05, 0.1) is 20.8 Å². The fourth-order valence-electron chi connectivity index (χ4n) is 5.41. The number of imidazole rings is 1. The van der Waals surface area contributed by atoms with Gasteiger partial charge in [0.15, 0.2) is 0 Å². The lowest BCUT2D eigenvalue weighted by Crippen LogP contribution is -2.44. The maximum absolute atomic E-state index is 13.0. The Hall–Kier alpha value is -3.40. The molecule has 2 fully saturated rings. The number of hydrogen-bond donors (Lipinski definition) is 2. The van der Waals surface area contributed by atoms with Crippen LogP contribution in [0.1, 0.15) is 77.5 Å². The highest BCUT2D eigenvalue weighted by Gasteiger charge is 2.34. The molecule has 5 rings (SSSR count). The molecule has 2 aromatic heterocycles. The van der Waals surface area contributed by atoms with Crippen molar-refractivity contribution in [2.75, 3.05) is 5.32 Å². The number of Topliss-reactive ketones (excluding diaryl/α,β-unsaturated/α-hetero) is 1. The number of alkyl halides is 2. The molecule has 10 heteroatoms. The smallest absolute Gasteiger partial charge is 0.272 e. The van der Waals surface area contributed by atoms with Crippen molar-refractivity contribution in [2.45, 2.75) is 69.9 Å². The Labute approximate surface area is 223 Å². The summed E-state index contributed by atoms with van der Waals surface area (Å²) in [5.41, 5.74) is 2.32. The summed E-state index contributed by atoms with van der Waals surface area (Å²) in [7, 11) is 0. The monoisotopic (exact) mass is 540 g/mol. The zero-order valence-electron chi connectivity index (χ0n) is 20.9. The summed E-state index contributed by atoms with van der Waals surface area (Å²) >= 11 is 0.748. The third kappa shape index (κ3) is 5.55. The number of fused-ring (bicyclic) bond motifs is 1. The highest BCUT2D eigenvalue weighted by atomic mass is 32.1. The molecule has 7 nitrogen and oxygen atoms in total. The summed E-state index contributed by atoms with van der Waals surface area (Å²) < 4.78 is 28.0. The maximum atomic E-state index is 13.0. The van der Waals surface area contributed by atoms with Gasteiger partial charge in [0, 0.05) is 24.4 Å². The van der Waals surface area contributed by atoms with Gasteiger partial charge in [-0.2, -0.15) is 0 Å². The van der Waals surface area contributed by atoms with Gasteiger partial charge in [0.1, 0.15) is 5.78 Å². The lowest BCUT2D eigenvalue weighted by Gasteiger charge is -2.37. The Morgan fingerprint density at radius 2 is 1.89 bits per heavy atom. The van der Waals surface area contributed by atoms with Crippen molar-refractivity contribution in [1.29, 1.82) is 0 Å². The van der Waals surface area contributed by atoms with Crippen molar-refractivity contribution in [3.63, 3.8) is 0 Å². The fraction of sp³-hybridized carbons (Fsp3) is 0.429. The van der Waals surface area contributed by atoms with Crippen molar-refractivity contribution in [3.05, 3.63) is 58.3 Å². The van der Waals surface area contributed by atoms with Gasteiger partial charge >= 0.3 is 0 Å². The van der Waals surface area contributed by atoms with E-state index in [1.54, 1.807) is 0 Å². The number of rotatable bonds is 9. The van der Waals surface area contributed by atoms with E-state index in [1.807, 2.05) is 22.8 Å². The Kier molecular flexibility index (Phi) is 7.69. The number of carbonyl (C=O) groups is 3. The number of nitrogens with one attached hydrogen (secondary N) is 2. The second kappa shape index (κ2) is 11.1. The third-order valence-corrected chi connectivity index (χ3v) is 8.59. The third-order valence-electron chi connectivity index (χ3n) is 7.49. The zero-order valence-corrected chi connectivity index (χ0v) is 21.7. The molecule has 2 amide bonds. The Morgan fingerprint density at radius 3 is 2.58 bits per heavy atom. The number of aromatic nitrogens is 2. The van der Waals surface area contributed by atoms with E-state index >= 15 is 0 Å². The number of carbonyl (C=O) groups excluding carboxylic acids is 3. The normalized spacial score (nSPS) is 19.8. The predicted molar refractivity (Wildman–Crippen MR) is 143 cm³/mol. The first-order valence-electron chi connectivity index (χ1n) is 13.0. The van der Waals surface area contributed by atoms with Crippen molar-refractivity contribution in [1.82, 2.24) is 14.9 Å². The van der Waals surface area contributed by atoms with Crippen LogP contribution >= 0.6 is 11.3 Å². The molecule has 0 atom stereocenters. The molecule has 0 bridgehead atoms. The van der Waals surface area contributed by atoms with Gasteiger partial charge in [-0.15, -0.1) is 11.3 Å². The summed E-state index contributed by atoms with van der Waals surface area (Å²) in [6.07, 6.45) is 5.52. The standard InChI is InChI=1S/C28H30F2N4O3S/c1-2-25(36)31-18-14-19(15-18)34-21-9-8-16(13-22(35)17-6-4-3-5-7-17)12-20(21)32-28(34)33-27(37)24-11-10-23(38-24)26(29)30/h2,8-12,17-19,26H,1,3-7,13-15H2,(H,31,36)(H,32,33,37). The van der Waals surface area contributed by atoms with E-state index in [0.717, 1.165) is 48.1 Å². The van der Waals surface area contributed by atoms with Crippen molar-refractivity contribution < 1.29 is 23.2 Å². The molecule has 2 aliphatic carbocycles. The van der Waals surface area contributed by atoms with Crippen molar-refractivity contribution in [2.24, 2.45) is 5.92 Å². The quantitative estimate of drug-likeness (QED) is 0.326. The van der Waals surface area contributed by atoms with Crippen molar-refractivity contribution in [3.8, 4) is 0 Å². The summed E-state index contributed by atoms with van der Waals surface area (Å²) in [6.45, 7) is 3.48. The van der Waals surface area contributed by atoms with Crippen molar-refractivity contribution >= 4 is 45.9 Å². The first-order valence-corrected chi connectivity index (χ1v) is 13.8. The molecular weight excluding hydrogens is 510 g/mol. The molecular formula is C28H30F2N4O3S. The number of halogens is 2. The zero-order chi connectivity index (χ0) is 26.8. The van der Waals surface area contributed by atoms with E-state index in [0.29, 0.717) is 30.7 Å². The highest BCUT2D eigenvalue weighted by Crippen LogP contribution is 2.38. The van der Waals surface area contributed by atoms with Gasteiger partial charge in [0.25, 0.3) is 12.3 Å². The van der Waals surface area contributed by atoms with Gasteiger partial charge in [-0.25, -0.2) is 13.8 Å². The number of ketones is 1. The molecule has 0 radical (unpaired) electrons. The second-order valence-corrected chi connectivity index (χ2v) is 11.2. The van der Waals surface area contributed by atoms with Gasteiger partial charge in [-0.1, -0.05) is 31.9 Å². The molecule has 0 aliphatic heterocycles. The Bertz CT molecular complexity index is 1370. The minimum atomic E-state index is -2.64. The largest absolute Gasteiger partial charge is 0.350 e. The lowest BCUT2D eigenvalue weighted by molar-refractivity contribution is -0.123. The molecule has 38 heavy (non-hydrogen) atoms. The van der Waals surface area contributed by atoms with E-state index in [1.165, 1.54) is 24.6 Å². The van der Waals surface area contributed by atoms with E-state index < -0.39 is 12.3 Å². The summed E-state index contributed by atoms with van der Waals surface area (Å²) in [4.78, 5) is 42.2. The molecule has 2 N–H and O–H groups in total. The fourth-order valence-corrected chi connectivity index (χ4v) is 6.17. The first-order chi connectivity index (χ1) is 18.3. The van der Waals surface area contributed by atoms with E-state index in [-0.39, 0.29) is 39.4 Å². The van der Waals surface area contributed by atoms with Gasteiger partial charge in [-0.3, -0.25) is 19.7 Å². The van der Waals surface area contributed by atoms with Crippen LogP contribution in [0.4, 0.5) is 14.7 Å². The minimum Gasteiger partial charge on any atom is -0.350 e. The van der Waals surface area contributed by atoms with Crippen LogP contribution in [-0.2, 0) is 16.0 Å². The number of amides is 2. The number of thiophene rings is 1. The summed E-state index contributed by atoms with van der Waals surface area (Å²) in [5, 5.41) is 5.69. The summed E-state index contributed by atoms with van der Waals surface area (Å²) in [6, 6.07) is 8.31. The minimum absolute atomic E-state index is 0.0233. The van der Waals surface area contributed by atoms with Crippen LogP contribution in [0.2, 0.25) is 0 Å². The molecule has 1 aromatic carbocycles. The molecule has 3 aromatic rings.